The highest BCUT2D eigenvalue weighted by molar-refractivity contribution is 9.10. The number of benzene rings is 1. The van der Waals surface area contributed by atoms with Crippen molar-refractivity contribution in [2.45, 2.75) is 0 Å². The second kappa shape index (κ2) is 5.19. The molecule has 1 amide bonds. The first kappa shape index (κ1) is 13.2. The molecule has 0 aliphatic rings. The summed E-state index contributed by atoms with van der Waals surface area (Å²) in [4.78, 5) is 11.8. The number of rotatable bonds is 2. The highest BCUT2D eigenvalue weighted by atomic mass is 79.9. The third-order valence-electron chi connectivity index (χ3n) is 2.11. The van der Waals surface area contributed by atoms with Crippen LogP contribution in [0.4, 0.5) is 14.5 Å². The molecule has 2 aromatic rings. The predicted molar refractivity (Wildman–Crippen MR) is 68.4 cm³/mol. The first-order chi connectivity index (χ1) is 8.49. The van der Waals surface area contributed by atoms with E-state index in [4.69, 9.17) is 4.42 Å². The third-order valence-corrected chi connectivity index (χ3v) is 3.35. The number of hydrogen-bond donors (Lipinski definition) is 1. The van der Waals surface area contributed by atoms with E-state index in [1.807, 2.05) is 0 Å². The Morgan fingerprint density at radius 2 is 2.00 bits per heavy atom. The lowest BCUT2D eigenvalue weighted by molar-refractivity contribution is 0.102. The minimum atomic E-state index is -0.866. The van der Waals surface area contributed by atoms with E-state index in [-0.39, 0.29) is 20.4 Å². The average molecular weight is 381 g/mol. The maximum atomic E-state index is 13.5. The first-order valence-corrected chi connectivity index (χ1v) is 6.26. The van der Waals surface area contributed by atoms with Crippen molar-refractivity contribution in [1.29, 1.82) is 0 Å². The normalized spacial score (nSPS) is 10.4. The molecule has 1 heterocycles. The van der Waals surface area contributed by atoms with Gasteiger partial charge in [0.1, 0.15) is 5.82 Å². The minimum Gasteiger partial charge on any atom is -0.457 e. The van der Waals surface area contributed by atoms with Gasteiger partial charge in [-0.1, -0.05) is 0 Å². The zero-order valence-electron chi connectivity index (χ0n) is 8.64. The van der Waals surface area contributed by atoms with Crippen LogP contribution >= 0.6 is 31.9 Å². The van der Waals surface area contributed by atoms with Gasteiger partial charge in [0, 0.05) is 10.5 Å². The molecular formula is C11H5Br2F2NO2. The van der Waals surface area contributed by atoms with Crippen molar-refractivity contribution in [2.75, 3.05) is 5.32 Å². The number of amides is 1. The zero-order chi connectivity index (χ0) is 13.3. The van der Waals surface area contributed by atoms with Crippen molar-refractivity contribution in [3.8, 4) is 0 Å². The Morgan fingerprint density at radius 3 is 2.56 bits per heavy atom. The fourth-order valence-electron chi connectivity index (χ4n) is 1.30. The summed E-state index contributed by atoms with van der Waals surface area (Å²) >= 11 is 6.01. The number of anilines is 1. The van der Waals surface area contributed by atoms with Gasteiger partial charge >= 0.3 is 0 Å². The highest BCUT2D eigenvalue weighted by Crippen LogP contribution is 2.28. The summed E-state index contributed by atoms with van der Waals surface area (Å²) in [5, 5.41) is 2.33. The molecule has 1 aromatic heterocycles. The Kier molecular flexibility index (Phi) is 3.82. The SMILES string of the molecule is O=C(Nc1c(F)cc(F)cc1Br)c1ccoc1Br. The molecule has 1 aromatic carbocycles. The summed E-state index contributed by atoms with van der Waals surface area (Å²) < 4.78 is 31.6. The van der Waals surface area contributed by atoms with Crippen LogP contribution in [0.15, 0.2) is 38.0 Å². The summed E-state index contributed by atoms with van der Waals surface area (Å²) in [5.74, 6) is -2.17. The number of halogens is 4. The van der Waals surface area contributed by atoms with Crippen molar-refractivity contribution in [2.24, 2.45) is 0 Å². The first-order valence-electron chi connectivity index (χ1n) is 4.68. The van der Waals surface area contributed by atoms with Gasteiger partial charge in [-0.05, 0) is 44.0 Å². The van der Waals surface area contributed by atoms with E-state index in [9.17, 15) is 13.6 Å². The molecule has 2 rings (SSSR count). The summed E-state index contributed by atoms with van der Waals surface area (Å²) in [6.07, 6.45) is 1.31. The molecule has 7 heteroatoms. The standard InChI is InChI=1S/C11H5Br2F2NO2/c12-7-3-5(14)4-8(15)9(7)16-11(17)6-1-2-18-10(6)13/h1-4H,(H,16,17). The molecule has 0 aliphatic carbocycles. The van der Waals surface area contributed by atoms with Gasteiger partial charge in [0.05, 0.1) is 17.5 Å². The minimum absolute atomic E-state index is 0.118. The molecule has 0 unspecified atom stereocenters. The van der Waals surface area contributed by atoms with Crippen LogP contribution < -0.4 is 5.32 Å². The smallest absolute Gasteiger partial charge is 0.260 e. The summed E-state index contributed by atoms with van der Waals surface area (Å²) in [6.45, 7) is 0. The molecule has 0 fully saturated rings. The van der Waals surface area contributed by atoms with Crippen molar-refractivity contribution in [3.63, 3.8) is 0 Å². The van der Waals surface area contributed by atoms with E-state index in [0.29, 0.717) is 6.07 Å². The third kappa shape index (κ3) is 2.62. The molecule has 0 atom stereocenters. The summed E-state index contributed by atoms with van der Waals surface area (Å²) in [5.41, 5.74) is 0.0834. The number of carbonyl (C=O) groups is 1. The lowest BCUT2D eigenvalue weighted by Gasteiger charge is -2.08. The second-order valence-electron chi connectivity index (χ2n) is 3.31. The van der Waals surface area contributed by atoms with Crippen LogP contribution in [0.25, 0.3) is 0 Å². The van der Waals surface area contributed by atoms with Crippen LogP contribution in [0.5, 0.6) is 0 Å². The number of carbonyl (C=O) groups excluding carboxylic acids is 1. The van der Waals surface area contributed by atoms with Gasteiger partial charge in [0.15, 0.2) is 10.5 Å². The van der Waals surface area contributed by atoms with Gasteiger partial charge in [0.25, 0.3) is 5.91 Å². The predicted octanol–water partition coefficient (Wildman–Crippen LogP) is 4.34. The second-order valence-corrected chi connectivity index (χ2v) is 4.88. The van der Waals surface area contributed by atoms with Gasteiger partial charge in [-0.2, -0.15) is 0 Å². The molecule has 0 bridgehead atoms. The van der Waals surface area contributed by atoms with E-state index >= 15 is 0 Å². The van der Waals surface area contributed by atoms with Crippen molar-refractivity contribution in [1.82, 2.24) is 0 Å². The van der Waals surface area contributed by atoms with Gasteiger partial charge < -0.3 is 9.73 Å². The quantitative estimate of drug-likeness (QED) is 0.842. The zero-order valence-corrected chi connectivity index (χ0v) is 11.8. The van der Waals surface area contributed by atoms with Crippen molar-refractivity contribution >= 4 is 43.5 Å². The lowest BCUT2D eigenvalue weighted by atomic mass is 10.2. The molecular weight excluding hydrogens is 376 g/mol. The monoisotopic (exact) mass is 379 g/mol. The highest BCUT2D eigenvalue weighted by Gasteiger charge is 2.17. The van der Waals surface area contributed by atoms with Crippen molar-refractivity contribution < 1.29 is 18.0 Å². The molecule has 0 saturated heterocycles. The van der Waals surface area contributed by atoms with Crippen LogP contribution in [0, 0.1) is 11.6 Å². The van der Waals surface area contributed by atoms with Crippen LogP contribution in [0.1, 0.15) is 10.4 Å². The Bertz CT molecular complexity index is 590. The molecule has 0 radical (unpaired) electrons. The Hall–Kier alpha value is -1.21. The number of hydrogen-bond acceptors (Lipinski definition) is 2. The van der Waals surface area contributed by atoms with Gasteiger partial charge in [0.2, 0.25) is 0 Å². The maximum absolute atomic E-state index is 13.5. The molecule has 18 heavy (non-hydrogen) atoms. The van der Waals surface area contributed by atoms with E-state index in [2.05, 4.69) is 37.2 Å². The van der Waals surface area contributed by atoms with E-state index < -0.39 is 17.5 Å². The Labute approximate surface area is 117 Å². The number of nitrogens with one attached hydrogen (secondary N) is 1. The van der Waals surface area contributed by atoms with Crippen molar-refractivity contribution in [3.05, 3.63) is 50.8 Å². The molecule has 94 valence electrons. The molecule has 0 saturated carbocycles. The molecule has 3 nitrogen and oxygen atoms in total. The van der Waals surface area contributed by atoms with E-state index in [1.165, 1.54) is 12.3 Å². The Balaban J connectivity index is 2.31. The van der Waals surface area contributed by atoms with E-state index in [0.717, 1.165) is 6.07 Å². The molecule has 0 spiro atoms. The van der Waals surface area contributed by atoms with Gasteiger partial charge in [-0.15, -0.1) is 0 Å². The summed E-state index contributed by atoms with van der Waals surface area (Å²) in [7, 11) is 0. The molecule has 1 N–H and O–H groups in total. The van der Waals surface area contributed by atoms with Crippen LogP contribution in [-0.2, 0) is 0 Å². The van der Waals surface area contributed by atoms with Crippen LogP contribution in [0.2, 0.25) is 0 Å². The fraction of sp³-hybridized carbons (Fsp3) is 0. The largest absolute Gasteiger partial charge is 0.457 e. The topological polar surface area (TPSA) is 42.2 Å². The maximum Gasteiger partial charge on any atom is 0.260 e. The van der Waals surface area contributed by atoms with Crippen LogP contribution in [-0.4, -0.2) is 5.91 Å². The Morgan fingerprint density at radius 1 is 1.28 bits per heavy atom. The van der Waals surface area contributed by atoms with Gasteiger partial charge in [-0.3, -0.25) is 4.79 Å². The van der Waals surface area contributed by atoms with E-state index in [1.54, 1.807) is 0 Å². The lowest BCUT2D eigenvalue weighted by Crippen LogP contribution is -2.13. The summed E-state index contributed by atoms with van der Waals surface area (Å²) in [6, 6.07) is 3.17. The average Bonchev–Trinajstić information content (AvgIpc) is 2.69. The molecule has 0 aliphatic heterocycles. The fourth-order valence-corrected chi connectivity index (χ4v) is 2.23. The van der Waals surface area contributed by atoms with Crippen LogP contribution in [0.3, 0.4) is 0 Å². The number of furan rings is 1. The van der Waals surface area contributed by atoms with Gasteiger partial charge in [-0.25, -0.2) is 8.78 Å².